The van der Waals surface area contributed by atoms with Crippen LogP contribution in [0.4, 0.5) is 0 Å². The Labute approximate surface area is 861 Å². The number of para-hydroxylation sites is 4. The Morgan fingerprint density at radius 2 is 0.752 bits per heavy atom. The number of ether oxygens (including phenoxy) is 5. The second-order valence-corrected chi connectivity index (χ2v) is 74.8. The quantitative estimate of drug-likeness (QED) is 0.0162. The topological polar surface area (TPSA) is 352 Å². The zero-order valence-electron chi connectivity index (χ0n) is 85.9. The summed E-state index contributed by atoms with van der Waals surface area (Å²) < 4.78 is 74.9. The first kappa shape index (κ1) is 114. The van der Waals surface area contributed by atoms with E-state index in [4.69, 9.17) is 60.2 Å². The van der Waals surface area contributed by atoms with E-state index in [1.807, 2.05) is 124 Å². The normalized spacial score (nSPS) is 25.8. The fourth-order valence-corrected chi connectivity index (χ4v) is 28.3. The zero-order valence-corrected chi connectivity index (χ0v) is 96.7. The minimum Gasteiger partial charge on any atom is -0.458 e. The molecule has 2 unspecified atom stereocenters. The third-order valence-corrected chi connectivity index (χ3v) is 34.8. The molecule has 4 fully saturated rings. The number of aromatic nitrogens is 4. The highest BCUT2D eigenvalue weighted by Gasteiger charge is 2.60. The number of halogens is 1. The number of rotatable bonds is 28. The molecule has 0 amide bonds. The van der Waals surface area contributed by atoms with E-state index in [-0.39, 0.29) is 36.5 Å². The van der Waals surface area contributed by atoms with Gasteiger partial charge in [0.25, 0.3) is 0 Å². The first-order valence-corrected chi connectivity index (χ1v) is 72.9. The van der Waals surface area contributed by atoms with Gasteiger partial charge < -0.3 is 96.2 Å². The van der Waals surface area contributed by atoms with E-state index >= 15 is 0 Å². The molecular weight excluding hydrogens is 2030 g/mol. The van der Waals surface area contributed by atoms with Crippen LogP contribution in [0.5, 0.6) is 0 Å². The Bertz CT molecular complexity index is 6040. The van der Waals surface area contributed by atoms with Crippen molar-refractivity contribution < 1.29 is 101 Å². The van der Waals surface area contributed by atoms with E-state index in [0.29, 0.717) is 48.8 Å². The number of esters is 1. The van der Waals surface area contributed by atoms with Gasteiger partial charge in [-0.25, -0.2) is 24.7 Å². The average Bonchev–Trinajstić information content (AvgIpc) is 1.07. The molecule has 12 aromatic rings. The van der Waals surface area contributed by atoms with Crippen LogP contribution in [0.25, 0.3) is 40.9 Å². The fraction of sp³-hybridized carbons (Fsp3) is 0.495. The molecule has 36 heteroatoms. The molecule has 4 saturated heterocycles. The van der Waals surface area contributed by atoms with Crippen molar-refractivity contribution >= 4 is 158 Å². The number of nitrogens with zero attached hydrogens (tertiary/aromatic N) is 4. The van der Waals surface area contributed by atoms with E-state index in [2.05, 4.69) is 225 Å². The Hall–Kier alpha value is -6.19. The first-order chi connectivity index (χ1) is 66.1. The summed E-state index contributed by atoms with van der Waals surface area (Å²) in [6, 6.07) is 56.3. The number of aliphatic hydroxyl groups is 9. The maximum atomic E-state index is 12.7. The molecule has 16 rings (SSSR count). The highest BCUT2D eigenvalue weighted by molar-refractivity contribution is 9.10. The van der Waals surface area contributed by atoms with Gasteiger partial charge in [0.05, 0.1) is 86.3 Å². The highest BCUT2D eigenvalue weighted by Crippen LogP contribution is 2.47. The molecule has 9 N–H and O–H groups in total. The number of fused-ring (bicyclic) bond motifs is 4. The molecule has 766 valence electrons. The van der Waals surface area contributed by atoms with Gasteiger partial charge in [0, 0.05) is 48.4 Å². The monoisotopic (exact) mass is 2170 g/mol. The van der Waals surface area contributed by atoms with Crippen molar-refractivity contribution in [3.05, 3.63) is 256 Å². The minimum atomic E-state index is -2.17. The summed E-state index contributed by atoms with van der Waals surface area (Å²) in [4.78, 5) is 31.5. The Morgan fingerprint density at radius 1 is 0.390 bits per heavy atom. The maximum Gasteiger partial charge on any atom is 0.337 e. The van der Waals surface area contributed by atoms with Crippen LogP contribution < -0.4 is 0 Å². The smallest absolute Gasteiger partial charge is 0.337 e. The van der Waals surface area contributed by atoms with Crippen LogP contribution in [0.15, 0.2) is 174 Å². The number of methoxy groups -OCH3 is 1. The number of thiazole rings is 4. The molecule has 0 aliphatic carbocycles. The lowest BCUT2D eigenvalue weighted by molar-refractivity contribution is -0.366. The van der Waals surface area contributed by atoms with Crippen molar-refractivity contribution in [2.75, 3.05) is 20.3 Å². The van der Waals surface area contributed by atoms with E-state index in [1.165, 1.54) is 32.6 Å². The molecule has 0 bridgehead atoms. The molecule has 19 atom stereocenters. The lowest BCUT2D eigenvalue weighted by Gasteiger charge is -2.54. The standard InChI is InChI=1S/C31H49NO5SSi3.C22H25NO6S.C21H23NO5S.C16H36O5Si3.C15H12BrNS/c1-12-25-28(35-39(3,4)5)29(36-40(6,7)8)30(37-41(9,10)11)31(33,34-25)23-18-17-21(2)22(19-23)20-27-32-24-15-13-14-16-26(24)38-27;1-12-7-8-14(22(28-2)21(27)20(26)19(25)16(11-24)29-22)9-13(12)10-18-23-15-5-3-4-6-17(15)30-18;1-11-6-7-12(21-20(26)19(25)18(24)15(10-23)27-21)8-13(11)9-17-22-14-4-2-3-5-16(14)28-17;1-11-12-13(19-22(2,3)4)14(20-23(5,6)7)15(16(17)18-12)21-24(8,9)10;1-10-6-7-12(16)8-11(10)9-15-17-13-4-2-3-5-14(13)18-15/h13-19,25,28-30,33H,12,20H2,1-11H3;3-9,16,19-21,24-27H,10-11H2,1-2H3;2-8,15,18-21,23-26H,9-10H2,1H3;12-15H,11H2,1-10H3;2-8H,9H2,1H3/t25-,28-,29+,30-,31?;16-,19-,20+,21-,22?;15-,18-,19+,20-,21+;12-,13-,14+,15-;/m1111./s1. The summed E-state index contributed by atoms with van der Waals surface area (Å²) in [5.74, 6) is -3.72. The van der Waals surface area contributed by atoms with Crippen molar-refractivity contribution in [2.24, 2.45) is 0 Å². The van der Waals surface area contributed by atoms with Crippen LogP contribution in [0.2, 0.25) is 118 Å². The van der Waals surface area contributed by atoms with Crippen LogP contribution in [0, 0.1) is 27.7 Å². The molecule has 4 aromatic heterocycles. The minimum absolute atomic E-state index is 0.257. The predicted molar refractivity (Wildman–Crippen MR) is 582 cm³/mol. The lowest BCUT2D eigenvalue weighted by atomic mass is 9.86. The molecule has 0 saturated carbocycles. The fourth-order valence-electron chi connectivity index (χ4n) is 17.6. The van der Waals surface area contributed by atoms with E-state index in [1.54, 1.807) is 51.4 Å². The van der Waals surface area contributed by atoms with E-state index in [9.17, 15) is 50.8 Å². The van der Waals surface area contributed by atoms with Crippen molar-refractivity contribution in [2.45, 2.75) is 313 Å². The number of carbonyl (C=O) groups is 1. The Balaban J connectivity index is 0.000000161. The van der Waals surface area contributed by atoms with Gasteiger partial charge >= 0.3 is 5.97 Å². The molecule has 8 heterocycles. The third-order valence-electron chi connectivity index (χ3n) is 24.3. The van der Waals surface area contributed by atoms with Crippen molar-refractivity contribution in [3.63, 3.8) is 0 Å². The number of benzene rings is 8. The second-order valence-electron chi connectivity index (χ2n) is 42.7. The van der Waals surface area contributed by atoms with Gasteiger partial charge in [-0.1, -0.05) is 127 Å². The van der Waals surface area contributed by atoms with Gasteiger partial charge in [-0.15, -0.1) is 45.3 Å². The van der Waals surface area contributed by atoms with Crippen LogP contribution in [-0.4, -0.2) is 240 Å². The molecule has 4 aliphatic rings. The zero-order chi connectivity index (χ0) is 103. The van der Waals surface area contributed by atoms with Gasteiger partial charge in [0.1, 0.15) is 85.5 Å². The van der Waals surface area contributed by atoms with Crippen molar-refractivity contribution in [1.29, 1.82) is 0 Å². The summed E-state index contributed by atoms with van der Waals surface area (Å²) >= 11 is 10.3. The van der Waals surface area contributed by atoms with Crippen LogP contribution >= 0.6 is 61.3 Å². The molecule has 4 aliphatic heterocycles. The van der Waals surface area contributed by atoms with Gasteiger partial charge in [0.15, 0.2) is 56.0 Å². The maximum absolute atomic E-state index is 12.7. The summed E-state index contributed by atoms with van der Waals surface area (Å²) in [6.45, 7) is 50.0. The van der Waals surface area contributed by atoms with Crippen LogP contribution in [0.1, 0.15) is 114 Å². The number of cyclic esters (lactones) is 1. The van der Waals surface area contributed by atoms with Gasteiger partial charge in [-0.3, -0.25) is 0 Å². The SMILES string of the molecule is CC[C@H]1OC(=O)[C@H](O[Si](C)(C)C)[C@@H](O[Si](C)(C)C)[C@@H]1O[Si](C)(C)C.CC[C@H]1OC(O)(c2ccc(C)c(Cc3nc4ccccc4s3)c2)[C@H](O[Si](C)(C)C)[C@@H](O[Si](C)(C)C)[C@@H]1O[Si](C)(C)C.COC1(c2ccc(C)c(Cc3nc4ccccc4s3)c2)O[C@H](CO)[C@@H](O)[C@H](O)[C@H]1O.Cc1ccc(Br)cc1Cc1nc2ccccc2s1.Cc1ccc([C@@H]2O[C@H](CO)[C@@H](O)[C@H](O)[C@H]2O)cc1Cc1nc2ccccc2s1. The molecule has 141 heavy (non-hydrogen) atoms. The number of aryl methyl sites for hydroxylation is 4. The number of hydrogen-bond donors (Lipinski definition) is 9. The summed E-state index contributed by atoms with van der Waals surface area (Å²) in [5.41, 5.74) is 15.0. The van der Waals surface area contributed by atoms with E-state index in [0.717, 1.165) is 90.8 Å². The van der Waals surface area contributed by atoms with Crippen LogP contribution in [0.3, 0.4) is 0 Å². The number of hydrogen-bond acceptors (Lipinski definition) is 29. The average molecular weight is 2180 g/mol. The summed E-state index contributed by atoms with van der Waals surface area (Å²) in [6.07, 6.45) is -10.6. The van der Waals surface area contributed by atoms with Crippen LogP contribution in [-0.2, 0) is 92.3 Å². The first-order valence-electron chi connectivity index (χ1n) is 48.4. The number of carbonyl (C=O) groups excluding carboxylic acids is 1. The Morgan fingerprint density at radius 3 is 1.16 bits per heavy atom. The second kappa shape index (κ2) is 47.5. The predicted octanol–water partition coefficient (Wildman–Crippen LogP) is 19.9. The molecular formula is C105H145BrN4O21S4Si6. The molecule has 25 nitrogen and oxygen atoms in total. The number of aliphatic hydroxyl groups excluding tert-OH is 8. The summed E-state index contributed by atoms with van der Waals surface area (Å²) in [5, 5.41) is 97.4. The van der Waals surface area contributed by atoms with Gasteiger partial charge in [0.2, 0.25) is 11.6 Å². The summed E-state index contributed by atoms with van der Waals surface area (Å²) in [7, 11) is -10.5. The lowest BCUT2D eigenvalue weighted by Crippen LogP contribution is -2.68. The highest BCUT2D eigenvalue weighted by atomic mass is 79.9. The molecule has 0 radical (unpaired) electrons. The molecule has 8 aromatic carbocycles. The van der Waals surface area contributed by atoms with Crippen molar-refractivity contribution in [1.82, 2.24) is 19.9 Å². The van der Waals surface area contributed by atoms with Crippen molar-refractivity contribution in [3.8, 4) is 0 Å². The third kappa shape index (κ3) is 29.5. The Kier molecular flexibility index (Phi) is 38.3. The van der Waals surface area contributed by atoms with E-state index < -0.39 is 148 Å². The van der Waals surface area contributed by atoms with Gasteiger partial charge in [-0.2, -0.15) is 0 Å². The largest absolute Gasteiger partial charge is 0.458 e. The molecule has 0 spiro atoms. The van der Waals surface area contributed by atoms with Gasteiger partial charge in [-0.05, 0) is 281 Å².